The smallest absolute Gasteiger partial charge is 0.0907 e. The maximum Gasteiger partial charge on any atom is 0.0907 e. The predicted octanol–water partition coefficient (Wildman–Crippen LogP) is 1.73. The highest BCUT2D eigenvalue weighted by Gasteiger charge is 2.29. The van der Waals surface area contributed by atoms with Crippen LogP contribution in [0.2, 0.25) is 5.02 Å². The summed E-state index contributed by atoms with van der Waals surface area (Å²) in [6.45, 7) is 6.92. The van der Waals surface area contributed by atoms with Crippen molar-refractivity contribution in [1.29, 1.82) is 0 Å². The lowest BCUT2D eigenvalue weighted by molar-refractivity contribution is 0.0301. The van der Waals surface area contributed by atoms with Gasteiger partial charge in [-0.3, -0.25) is 10.5 Å². The van der Waals surface area contributed by atoms with Gasteiger partial charge in [0, 0.05) is 13.7 Å². The third-order valence-corrected chi connectivity index (χ3v) is 3.16. The normalized spacial score (nSPS) is 15.2. The van der Waals surface area contributed by atoms with Gasteiger partial charge >= 0.3 is 0 Å². The van der Waals surface area contributed by atoms with E-state index < -0.39 is 0 Å². The van der Waals surface area contributed by atoms with E-state index in [4.69, 9.17) is 22.2 Å². The summed E-state index contributed by atoms with van der Waals surface area (Å²) < 4.78 is 7.34. The molecule has 0 aliphatic heterocycles. The molecule has 1 heterocycles. The van der Waals surface area contributed by atoms with E-state index in [2.05, 4.69) is 24.4 Å². The van der Waals surface area contributed by atoms with Crippen LogP contribution in [0.25, 0.3) is 0 Å². The number of aryl methyl sites for hydroxylation is 1. The van der Waals surface area contributed by atoms with Gasteiger partial charge in [-0.05, 0) is 12.8 Å². The van der Waals surface area contributed by atoms with Crippen molar-refractivity contribution in [3.8, 4) is 0 Å². The summed E-state index contributed by atoms with van der Waals surface area (Å²) in [7, 11) is 1.68. The zero-order valence-corrected chi connectivity index (χ0v) is 11.5. The maximum absolute atomic E-state index is 6.17. The van der Waals surface area contributed by atoms with Gasteiger partial charge in [-0.2, -0.15) is 5.10 Å². The SMILES string of the molecule is CCn1ncc(Cl)c1C(NN)C(OC)C(C)C. The Bertz CT molecular complexity index is 353. The average Bonchev–Trinajstić information content (AvgIpc) is 2.66. The Morgan fingerprint density at radius 2 is 2.24 bits per heavy atom. The molecular weight excluding hydrogens is 240 g/mol. The van der Waals surface area contributed by atoms with Crippen molar-refractivity contribution in [2.75, 3.05) is 7.11 Å². The van der Waals surface area contributed by atoms with E-state index in [0.717, 1.165) is 12.2 Å². The summed E-state index contributed by atoms with van der Waals surface area (Å²) in [5.41, 5.74) is 3.65. The van der Waals surface area contributed by atoms with Crippen LogP contribution >= 0.6 is 11.6 Å². The molecular formula is C11H21ClN4O. The van der Waals surface area contributed by atoms with Crippen LogP contribution in [0.4, 0.5) is 0 Å². The number of nitrogens with one attached hydrogen (secondary N) is 1. The summed E-state index contributed by atoms with van der Waals surface area (Å²) in [4.78, 5) is 0. The van der Waals surface area contributed by atoms with Gasteiger partial charge in [0.1, 0.15) is 0 Å². The minimum atomic E-state index is -0.171. The molecule has 3 N–H and O–H groups in total. The Morgan fingerprint density at radius 1 is 1.59 bits per heavy atom. The standard InChI is InChI=1S/C11H21ClN4O/c1-5-16-10(8(12)6-14-16)9(15-13)11(17-4)7(2)3/h6-7,9,11,15H,5,13H2,1-4H3. The lowest BCUT2D eigenvalue weighted by Gasteiger charge is -2.29. The first-order valence-electron chi connectivity index (χ1n) is 5.76. The number of hydrazine groups is 1. The number of aromatic nitrogens is 2. The molecule has 0 saturated heterocycles. The van der Waals surface area contributed by atoms with Crippen LogP contribution in [0.1, 0.15) is 32.5 Å². The van der Waals surface area contributed by atoms with Crippen LogP contribution < -0.4 is 11.3 Å². The van der Waals surface area contributed by atoms with Crippen molar-refractivity contribution >= 4 is 11.6 Å². The second kappa shape index (κ2) is 6.35. The zero-order valence-electron chi connectivity index (χ0n) is 10.8. The van der Waals surface area contributed by atoms with Crippen LogP contribution in [-0.2, 0) is 11.3 Å². The molecule has 0 aliphatic carbocycles. The molecule has 0 amide bonds. The molecule has 0 aromatic carbocycles. The molecule has 17 heavy (non-hydrogen) atoms. The highest BCUT2D eigenvalue weighted by molar-refractivity contribution is 6.31. The Hall–Kier alpha value is -0.620. The number of rotatable bonds is 6. The van der Waals surface area contributed by atoms with Gasteiger partial charge in [0.15, 0.2) is 0 Å². The molecule has 0 radical (unpaired) electrons. The number of methoxy groups -OCH3 is 1. The average molecular weight is 261 g/mol. The summed E-state index contributed by atoms with van der Waals surface area (Å²) in [6, 6.07) is -0.171. The van der Waals surface area contributed by atoms with Gasteiger partial charge in [0.2, 0.25) is 0 Å². The van der Waals surface area contributed by atoms with Crippen molar-refractivity contribution in [3.05, 3.63) is 16.9 Å². The number of ether oxygens (including phenoxy) is 1. The van der Waals surface area contributed by atoms with E-state index >= 15 is 0 Å². The first-order valence-corrected chi connectivity index (χ1v) is 6.14. The van der Waals surface area contributed by atoms with Gasteiger partial charge in [-0.15, -0.1) is 0 Å². The van der Waals surface area contributed by atoms with E-state index in [-0.39, 0.29) is 12.1 Å². The number of halogens is 1. The van der Waals surface area contributed by atoms with E-state index in [9.17, 15) is 0 Å². The molecule has 0 saturated carbocycles. The van der Waals surface area contributed by atoms with Crippen molar-refractivity contribution in [3.63, 3.8) is 0 Å². The number of nitrogens with two attached hydrogens (primary N) is 1. The van der Waals surface area contributed by atoms with Gasteiger partial charge in [0.05, 0.1) is 29.1 Å². The Morgan fingerprint density at radius 3 is 2.65 bits per heavy atom. The zero-order chi connectivity index (χ0) is 13.0. The summed E-state index contributed by atoms with van der Waals surface area (Å²) in [6.07, 6.45) is 1.58. The molecule has 6 heteroatoms. The largest absolute Gasteiger partial charge is 0.379 e. The van der Waals surface area contributed by atoms with E-state index in [1.807, 2.05) is 11.6 Å². The quantitative estimate of drug-likeness (QED) is 0.604. The molecule has 0 spiro atoms. The van der Waals surface area contributed by atoms with Crippen molar-refractivity contribution < 1.29 is 4.74 Å². The minimum Gasteiger partial charge on any atom is -0.379 e. The van der Waals surface area contributed by atoms with Crippen molar-refractivity contribution in [2.24, 2.45) is 11.8 Å². The molecule has 1 aromatic heterocycles. The lowest BCUT2D eigenvalue weighted by atomic mass is 9.97. The number of nitrogens with zero attached hydrogens (tertiary/aromatic N) is 2. The molecule has 1 aromatic rings. The summed E-state index contributed by atoms with van der Waals surface area (Å²) in [5.74, 6) is 5.96. The Kier molecular flexibility index (Phi) is 5.39. The Balaban J connectivity index is 3.11. The van der Waals surface area contributed by atoms with Crippen molar-refractivity contribution in [1.82, 2.24) is 15.2 Å². The molecule has 2 atom stereocenters. The summed E-state index contributed by atoms with van der Waals surface area (Å²) >= 11 is 6.17. The fourth-order valence-corrected chi connectivity index (χ4v) is 2.31. The molecule has 0 aliphatic rings. The van der Waals surface area contributed by atoms with Gasteiger partial charge in [-0.25, -0.2) is 5.43 Å². The fraction of sp³-hybridized carbons (Fsp3) is 0.727. The molecule has 98 valence electrons. The number of hydrogen-bond acceptors (Lipinski definition) is 4. The fourth-order valence-electron chi connectivity index (χ4n) is 2.06. The van der Waals surface area contributed by atoms with Gasteiger partial charge in [0.25, 0.3) is 0 Å². The minimum absolute atomic E-state index is 0.0560. The van der Waals surface area contributed by atoms with Crippen LogP contribution in [0.3, 0.4) is 0 Å². The van der Waals surface area contributed by atoms with E-state index in [0.29, 0.717) is 10.9 Å². The predicted molar refractivity (Wildman–Crippen MR) is 68.6 cm³/mol. The van der Waals surface area contributed by atoms with Crippen LogP contribution in [0.5, 0.6) is 0 Å². The molecule has 2 unspecified atom stereocenters. The molecule has 5 nitrogen and oxygen atoms in total. The third kappa shape index (κ3) is 2.98. The topological polar surface area (TPSA) is 65.1 Å². The molecule has 0 bridgehead atoms. The first-order chi connectivity index (χ1) is 8.06. The van der Waals surface area contributed by atoms with E-state index in [1.54, 1.807) is 13.3 Å². The number of hydrogen-bond donors (Lipinski definition) is 2. The van der Waals surface area contributed by atoms with Crippen molar-refractivity contribution in [2.45, 2.75) is 39.5 Å². The monoisotopic (exact) mass is 260 g/mol. The first kappa shape index (κ1) is 14.4. The van der Waals surface area contributed by atoms with Gasteiger partial charge in [-0.1, -0.05) is 25.4 Å². The highest BCUT2D eigenvalue weighted by Crippen LogP contribution is 2.29. The second-order valence-electron chi connectivity index (χ2n) is 4.28. The summed E-state index contributed by atoms with van der Waals surface area (Å²) in [5, 5.41) is 4.82. The van der Waals surface area contributed by atoms with Crippen LogP contribution in [0.15, 0.2) is 6.20 Å². The van der Waals surface area contributed by atoms with Crippen LogP contribution in [-0.4, -0.2) is 23.0 Å². The second-order valence-corrected chi connectivity index (χ2v) is 4.69. The van der Waals surface area contributed by atoms with E-state index in [1.165, 1.54) is 0 Å². The van der Waals surface area contributed by atoms with Gasteiger partial charge < -0.3 is 4.74 Å². The maximum atomic E-state index is 6.17. The highest BCUT2D eigenvalue weighted by atomic mass is 35.5. The van der Waals surface area contributed by atoms with Crippen LogP contribution in [0, 0.1) is 5.92 Å². The third-order valence-electron chi connectivity index (χ3n) is 2.86. The molecule has 1 rings (SSSR count). The molecule has 0 fully saturated rings. The lowest BCUT2D eigenvalue weighted by Crippen LogP contribution is -2.41. The Labute approximate surface area is 107 Å².